The Morgan fingerprint density at radius 1 is 1.65 bits per heavy atom. The number of tetrazole rings is 1. The molecule has 114 valence electrons. The van der Waals surface area contributed by atoms with Crippen LogP contribution in [-0.2, 0) is 16.6 Å². The molecule has 1 fully saturated rings. The number of carbonyl (C=O) groups excluding carboxylic acids is 1. The predicted octanol–water partition coefficient (Wildman–Crippen LogP) is -0.781. The van der Waals surface area contributed by atoms with E-state index in [9.17, 15) is 4.79 Å². The first-order chi connectivity index (χ1) is 9.25. The molecule has 0 spiro atoms. The summed E-state index contributed by atoms with van der Waals surface area (Å²) in [5.41, 5.74) is 0. The van der Waals surface area contributed by atoms with Gasteiger partial charge in [0.25, 0.3) is 0 Å². The molecule has 1 aromatic heterocycles. The van der Waals surface area contributed by atoms with Crippen LogP contribution in [0.15, 0.2) is 5.16 Å². The lowest BCUT2D eigenvalue weighted by Gasteiger charge is -2.23. The van der Waals surface area contributed by atoms with Gasteiger partial charge in [-0.3, -0.25) is 4.79 Å². The number of halogens is 1. The summed E-state index contributed by atoms with van der Waals surface area (Å²) >= 11 is 1.51. The second kappa shape index (κ2) is 9.11. The molecule has 1 aliphatic heterocycles. The van der Waals surface area contributed by atoms with Crippen LogP contribution in [0, 0.1) is 0 Å². The molecule has 2 heterocycles. The minimum atomic E-state index is 0. The number of hydrogen-bond donors (Lipinski definition) is 2. The molecule has 2 N–H and O–H groups in total. The Balaban J connectivity index is 0.00000200. The molecular weight excluding hydrogens is 304 g/mol. The summed E-state index contributed by atoms with van der Waals surface area (Å²) in [7, 11) is 1.79. The van der Waals surface area contributed by atoms with Gasteiger partial charge in [0.15, 0.2) is 0 Å². The number of thioether (sulfide) groups is 1. The van der Waals surface area contributed by atoms with Crippen molar-refractivity contribution >= 4 is 30.1 Å². The van der Waals surface area contributed by atoms with Crippen LogP contribution in [0.3, 0.4) is 0 Å². The van der Waals surface area contributed by atoms with Gasteiger partial charge in [-0.05, 0) is 10.4 Å². The Bertz CT molecular complexity index is 412. The Morgan fingerprint density at radius 2 is 2.50 bits per heavy atom. The summed E-state index contributed by atoms with van der Waals surface area (Å²) in [4.78, 5) is 11.7. The van der Waals surface area contributed by atoms with Crippen LogP contribution < -0.4 is 10.6 Å². The molecule has 1 aliphatic rings. The topological polar surface area (TPSA) is 94.0 Å². The zero-order valence-electron chi connectivity index (χ0n) is 11.2. The summed E-state index contributed by atoms with van der Waals surface area (Å²) in [5, 5.41) is 18.0. The number of morpholine rings is 1. The highest BCUT2D eigenvalue weighted by Gasteiger charge is 2.16. The first-order valence-corrected chi connectivity index (χ1v) is 7.17. The van der Waals surface area contributed by atoms with Crippen LogP contribution in [0.2, 0.25) is 0 Å². The average molecular weight is 323 g/mol. The van der Waals surface area contributed by atoms with Crippen LogP contribution in [0.4, 0.5) is 0 Å². The molecule has 1 saturated heterocycles. The molecule has 1 unspecified atom stereocenters. The fourth-order valence-electron chi connectivity index (χ4n) is 1.72. The number of amides is 1. The highest BCUT2D eigenvalue weighted by Crippen LogP contribution is 2.10. The first-order valence-electron chi connectivity index (χ1n) is 6.18. The number of rotatable bonds is 6. The van der Waals surface area contributed by atoms with E-state index in [1.165, 1.54) is 11.8 Å². The number of ether oxygens (including phenoxy) is 1. The smallest absolute Gasteiger partial charge is 0.221 e. The number of aromatic nitrogens is 4. The van der Waals surface area contributed by atoms with Gasteiger partial charge in [-0.1, -0.05) is 11.8 Å². The third kappa shape index (κ3) is 5.61. The van der Waals surface area contributed by atoms with Crippen LogP contribution in [-0.4, -0.2) is 64.2 Å². The summed E-state index contributed by atoms with van der Waals surface area (Å²) in [5.74, 6) is 0.786. The van der Waals surface area contributed by atoms with Gasteiger partial charge in [0, 0.05) is 38.4 Å². The van der Waals surface area contributed by atoms with Crippen molar-refractivity contribution in [3.05, 3.63) is 0 Å². The van der Waals surface area contributed by atoms with Crippen LogP contribution in [0.5, 0.6) is 0 Å². The molecule has 1 aromatic rings. The largest absolute Gasteiger partial charge is 0.378 e. The molecule has 1 amide bonds. The van der Waals surface area contributed by atoms with E-state index in [0.29, 0.717) is 19.6 Å². The Hall–Kier alpha value is -0.900. The molecule has 10 heteroatoms. The van der Waals surface area contributed by atoms with E-state index in [4.69, 9.17) is 4.74 Å². The van der Waals surface area contributed by atoms with Crippen molar-refractivity contribution in [2.45, 2.75) is 17.6 Å². The molecule has 8 nitrogen and oxygen atoms in total. The van der Waals surface area contributed by atoms with Gasteiger partial charge in [0.2, 0.25) is 11.1 Å². The van der Waals surface area contributed by atoms with E-state index in [2.05, 4.69) is 26.2 Å². The van der Waals surface area contributed by atoms with Gasteiger partial charge in [0.1, 0.15) is 0 Å². The average Bonchev–Trinajstić information content (AvgIpc) is 2.81. The highest BCUT2D eigenvalue weighted by atomic mass is 35.5. The SMILES string of the molecule is Cl.Cn1nnnc1SCCNC(=O)CC1COCCN1. The van der Waals surface area contributed by atoms with Crippen molar-refractivity contribution in [3.63, 3.8) is 0 Å². The fraction of sp³-hybridized carbons (Fsp3) is 0.800. The molecule has 0 bridgehead atoms. The minimum absolute atomic E-state index is 0. The van der Waals surface area contributed by atoms with Crippen molar-refractivity contribution in [1.29, 1.82) is 0 Å². The molecule has 0 aromatic carbocycles. The summed E-state index contributed by atoms with van der Waals surface area (Å²) in [6.07, 6.45) is 0.455. The molecule has 2 rings (SSSR count). The second-order valence-electron chi connectivity index (χ2n) is 4.21. The third-order valence-corrected chi connectivity index (χ3v) is 3.68. The van der Waals surface area contributed by atoms with Crippen molar-refractivity contribution in [2.24, 2.45) is 7.05 Å². The second-order valence-corrected chi connectivity index (χ2v) is 5.28. The van der Waals surface area contributed by atoms with Gasteiger partial charge < -0.3 is 15.4 Å². The van der Waals surface area contributed by atoms with Gasteiger partial charge in [0.05, 0.1) is 13.2 Å². The Morgan fingerprint density at radius 3 is 3.15 bits per heavy atom. The summed E-state index contributed by atoms with van der Waals surface area (Å²) < 4.78 is 6.91. The zero-order chi connectivity index (χ0) is 13.5. The highest BCUT2D eigenvalue weighted by molar-refractivity contribution is 7.99. The van der Waals surface area contributed by atoms with Crippen molar-refractivity contribution in [1.82, 2.24) is 30.8 Å². The maximum Gasteiger partial charge on any atom is 0.221 e. The number of carbonyl (C=O) groups is 1. The van der Waals surface area contributed by atoms with E-state index < -0.39 is 0 Å². The van der Waals surface area contributed by atoms with Gasteiger partial charge >= 0.3 is 0 Å². The van der Waals surface area contributed by atoms with E-state index >= 15 is 0 Å². The molecule has 1 atom stereocenters. The number of nitrogens with zero attached hydrogens (tertiary/aromatic N) is 4. The van der Waals surface area contributed by atoms with Crippen LogP contribution in [0.25, 0.3) is 0 Å². The molecule has 0 aliphatic carbocycles. The summed E-state index contributed by atoms with van der Waals surface area (Å²) in [6, 6.07) is 0.129. The van der Waals surface area contributed by atoms with E-state index in [1.807, 2.05) is 0 Å². The predicted molar refractivity (Wildman–Crippen MR) is 77.0 cm³/mol. The zero-order valence-corrected chi connectivity index (χ0v) is 12.9. The monoisotopic (exact) mass is 322 g/mol. The van der Waals surface area contributed by atoms with Crippen LogP contribution >= 0.6 is 24.2 Å². The van der Waals surface area contributed by atoms with E-state index in [-0.39, 0.29) is 24.4 Å². The lowest BCUT2D eigenvalue weighted by molar-refractivity contribution is -0.122. The minimum Gasteiger partial charge on any atom is -0.378 e. The fourth-order valence-corrected chi connectivity index (χ4v) is 2.43. The van der Waals surface area contributed by atoms with Gasteiger partial charge in [-0.15, -0.1) is 17.5 Å². The number of aryl methyl sites for hydroxylation is 1. The maximum absolute atomic E-state index is 11.7. The molecule has 0 radical (unpaired) electrons. The van der Waals surface area contributed by atoms with Crippen LogP contribution in [0.1, 0.15) is 6.42 Å². The number of hydrogen-bond acceptors (Lipinski definition) is 7. The Labute approximate surface area is 127 Å². The third-order valence-electron chi connectivity index (χ3n) is 2.67. The van der Waals surface area contributed by atoms with E-state index in [0.717, 1.165) is 24.1 Å². The quantitative estimate of drug-likeness (QED) is 0.524. The van der Waals surface area contributed by atoms with E-state index in [1.54, 1.807) is 11.7 Å². The molecule has 20 heavy (non-hydrogen) atoms. The van der Waals surface area contributed by atoms with Gasteiger partial charge in [-0.25, -0.2) is 4.68 Å². The molecule has 0 saturated carbocycles. The Kier molecular flexibility index (Phi) is 7.82. The standard InChI is InChI=1S/C10H18N6O2S.ClH/c1-16-10(13-14-15-16)19-5-3-12-9(17)6-8-7-18-4-2-11-8;/h8,11H,2-7H2,1H3,(H,12,17);1H. The molecular formula is C10H19ClN6O2S. The van der Waals surface area contributed by atoms with Crippen molar-refractivity contribution in [2.75, 3.05) is 32.1 Å². The van der Waals surface area contributed by atoms with Gasteiger partial charge in [-0.2, -0.15) is 0 Å². The number of nitrogens with one attached hydrogen (secondary N) is 2. The summed E-state index contributed by atoms with van der Waals surface area (Å²) in [6.45, 7) is 2.74. The van der Waals surface area contributed by atoms with Crippen molar-refractivity contribution in [3.8, 4) is 0 Å². The lowest BCUT2D eigenvalue weighted by atomic mass is 10.2. The first kappa shape index (κ1) is 17.2. The maximum atomic E-state index is 11.7. The lowest BCUT2D eigenvalue weighted by Crippen LogP contribution is -2.44. The normalized spacial score (nSPS) is 18.4. The van der Waals surface area contributed by atoms with Crippen molar-refractivity contribution < 1.29 is 9.53 Å².